The monoisotopic (exact) mass is 441 g/mol. The fourth-order valence-corrected chi connectivity index (χ4v) is 5.24. The van der Waals surface area contributed by atoms with Gasteiger partial charge in [-0.2, -0.15) is 0 Å². The Morgan fingerprint density at radius 1 is 0.618 bits per heavy atom. The number of allylic oxidation sites excluding steroid dienone is 3. The number of hydrogen-bond acceptors (Lipinski definition) is 0. The molecule has 0 radical (unpaired) electrons. The van der Waals surface area contributed by atoms with E-state index in [1.54, 1.807) is 0 Å². The van der Waals surface area contributed by atoms with Gasteiger partial charge in [0, 0.05) is 16.6 Å². The molecule has 0 fully saturated rings. The van der Waals surface area contributed by atoms with Crippen molar-refractivity contribution in [3.63, 3.8) is 0 Å². The molecule has 1 heteroatoms. The van der Waals surface area contributed by atoms with Crippen molar-refractivity contribution in [3.05, 3.63) is 113 Å². The molecule has 0 saturated heterocycles. The molecule has 1 heterocycles. The van der Waals surface area contributed by atoms with Gasteiger partial charge in [0.25, 0.3) is 0 Å². The van der Waals surface area contributed by atoms with Gasteiger partial charge in [-0.15, -0.1) is 0 Å². The molecule has 0 aliphatic carbocycles. The number of fused-ring (bicyclic) bond motifs is 3. The Bertz CT molecular complexity index is 1590. The molecule has 0 aliphatic rings. The molecule has 5 rings (SSSR count). The quantitative estimate of drug-likeness (QED) is 0.267. The van der Waals surface area contributed by atoms with Crippen molar-refractivity contribution in [1.82, 2.24) is 4.98 Å². The van der Waals surface area contributed by atoms with Crippen LogP contribution in [-0.2, 0) is 0 Å². The Labute approximate surface area is 202 Å². The standard InChI is InChI=1S/C33H31N/c1-6-7-8-14-25-19-31-28-17-12-11-16-27(28)24(5)32(33(31)34-25)30-20-29(22(3)18-23(30)4)26-15-10-9-13-21(26)2/h6-20,34H,1-5H3/b7-6-,14-8-. The zero-order valence-corrected chi connectivity index (χ0v) is 20.7. The first-order valence-corrected chi connectivity index (χ1v) is 12.0. The van der Waals surface area contributed by atoms with E-state index in [2.05, 4.69) is 118 Å². The van der Waals surface area contributed by atoms with Crippen molar-refractivity contribution in [2.75, 3.05) is 0 Å². The van der Waals surface area contributed by atoms with Crippen LogP contribution in [0.5, 0.6) is 0 Å². The lowest BCUT2D eigenvalue weighted by molar-refractivity contribution is 1.35. The van der Waals surface area contributed by atoms with Gasteiger partial charge in [-0.25, -0.2) is 0 Å². The average molecular weight is 442 g/mol. The van der Waals surface area contributed by atoms with Crippen LogP contribution in [0.25, 0.3) is 50.0 Å². The maximum absolute atomic E-state index is 3.75. The molecule has 0 bridgehead atoms. The van der Waals surface area contributed by atoms with E-state index in [-0.39, 0.29) is 0 Å². The van der Waals surface area contributed by atoms with E-state index < -0.39 is 0 Å². The molecule has 0 amide bonds. The van der Waals surface area contributed by atoms with Crippen molar-refractivity contribution in [1.29, 1.82) is 0 Å². The minimum atomic E-state index is 1.12. The summed E-state index contributed by atoms with van der Waals surface area (Å²) in [7, 11) is 0. The second-order valence-corrected chi connectivity index (χ2v) is 9.24. The summed E-state index contributed by atoms with van der Waals surface area (Å²) in [6.45, 7) is 11.0. The second-order valence-electron chi connectivity index (χ2n) is 9.24. The first kappa shape index (κ1) is 22.0. The highest BCUT2D eigenvalue weighted by molar-refractivity contribution is 6.15. The van der Waals surface area contributed by atoms with E-state index in [0.29, 0.717) is 0 Å². The highest BCUT2D eigenvalue weighted by atomic mass is 14.7. The first-order chi connectivity index (χ1) is 16.5. The average Bonchev–Trinajstić information content (AvgIpc) is 3.25. The minimum Gasteiger partial charge on any atom is -0.354 e. The number of aromatic amines is 1. The van der Waals surface area contributed by atoms with Crippen LogP contribution in [0.4, 0.5) is 0 Å². The third kappa shape index (κ3) is 3.68. The summed E-state index contributed by atoms with van der Waals surface area (Å²) < 4.78 is 0. The SMILES string of the molecule is C/C=C\C=C/c1cc2c([nH]1)c(-c1cc(-c3ccccc3C)c(C)cc1C)c(C)c1ccccc12. The Morgan fingerprint density at radius 2 is 1.32 bits per heavy atom. The number of nitrogens with one attached hydrogen (secondary N) is 1. The third-order valence-electron chi connectivity index (χ3n) is 6.94. The summed E-state index contributed by atoms with van der Waals surface area (Å²) in [6.07, 6.45) is 8.35. The van der Waals surface area contributed by atoms with Gasteiger partial charge in [0.2, 0.25) is 0 Å². The van der Waals surface area contributed by atoms with E-state index in [1.165, 1.54) is 66.2 Å². The predicted octanol–water partition coefficient (Wildman–Crippen LogP) is 9.48. The number of hydrogen-bond donors (Lipinski definition) is 1. The molecule has 34 heavy (non-hydrogen) atoms. The van der Waals surface area contributed by atoms with Crippen LogP contribution in [0, 0.1) is 27.7 Å². The summed E-state index contributed by atoms with van der Waals surface area (Å²) >= 11 is 0. The molecule has 4 aromatic carbocycles. The molecule has 5 aromatic rings. The van der Waals surface area contributed by atoms with Crippen molar-refractivity contribution < 1.29 is 0 Å². The van der Waals surface area contributed by atoms with Crippen molar-refractivity contribution in [3.8, 4) is 22.3 Å². The molecule has 0 saturated carbocycles. The maximum atomic E-state index is 3.75. The fourth-order valence-electron chi connectivity index (χ4n) is 5.24. The second kappa shape index (κ2) is 8.83. The molecule has 1 aromatic heterocycles. The number of H-pyrrole nitrogens is 1. The van der Waals surface area contributed by atoms with E-state index in [4.69, 9.17) is 0 Å². The summed E-state index contributed by atoms with van der Waals surface area (Å²) in [5.41, 5.74) is 12.8. The van der Waals surface area contributed by atoms with Gasteiger partial charge < -0.3 is 4.98 Å². The Balaban J connectivity index is 1.85. The van der Waals surface area contributed by atoms with Crippen LogP contribution in [0.2, 0.25) is 0 Å². The van der Waals surface area contributed by atoms with E-state index in [1.807, 2.05) is 13.0 Å². The molecular formula is C33H31N. The lowest BCUT2D eigenvalue weighted by atomic mass is 9.86. The molecule has 0 atom stereocenters. The summed E-state index contributed by atoms with van der Waals surface area (Å²) in [5, 5.41) is 3.88. The largest absolute Gasteiger partial charge is 0.354 e. The third-order valence-corrected chi connectivity index (χ3v) is 6.94. The number of rotatable bonds is 4. The molecular weight excluding hydrogens is 410 g/mol. The Hall–Kier alpha value is -3.84. The van der Waals surface area contributed by atoms with Gasteiger partial charge in [-0.05, 0) is 103 Å². The van der Waals surface area contributed by atoms with Gasteiger partial charge in [0.1, 0.15) is 0 Å². The summed E-state index contributed by atoms with van der Waals surface area (Å²) in [4.78, 5) is 3.75. The van der Waals surface area contributed by atoms with Gasteiger partial charge >= 0.3 is 0 Å². The highest BCUT2D eigenvalue weighted by Gasteiger charge is 2.18. The number of aromatic nitrogens is 1. The van der Waals surface area contributed by atoms with Crippen LogP contribution in [0.3, 0.4) is 0 Å². The lowest BCUT2D eigenvalue weighted by Gasteiger charge is -2.18. The molecule has 1 N–H and O–H groups in total. The molecule has 168 valence electrons. The predicted molar refractivity (Wildman–Crippen MR) is 149 cm³/mol. The fraction of sp³-hybridized carbons (Fsp3) is 0.152. The zero-order chi connectivity index (χ0) is 23.8. The van der Waals surface area contributed by atoms with Gasteiger partial charge in [0.05, 0.1) is 5.52 Å². The maximum Gasteiger partial charge on any atom is 0.0547 e. The Morgan fingerprint density at radius 3 is 2.09 bits per heavy atom. The lowest BCUT2D eigenvalue weighted by Crippen LogP contribution is -1.95. The van der Waals surface area contributed by atoms with E-state index in [9.17, 15) is 0 Å². The van der Waals surface area contributed by atoms with Crippen LogP contribution in [-0.4, -0.2) is 4.98 Å². The van der Waals surface area contributed by atoms with Gasteiger partial charge in [-0.1, -0.05) is 72.8 Å². The van der Waals surface area contributed by atoms with E-state index in [0.717, 1.165) is 5.69 Å². The van der Waals surface area contributed by atoms with Crippen molar-refractivity contribution in [2.45, 2.75) is 34.6 Å². The number of aryl methyl sites for hydroxylation is 4. The molecule has 0 spiro atoms. The van der Waals surface area contributed by atoms with Gasteiger partial charge in [-0.3, -0.25) is 0 Å². The van der Waals surface area contributed by atoms with E-state index >= 15 is 0 Å². The highest BCUT2D eigenvalue weighted by Crippen LogP contribution is 2.42. The van der Waals surface area contributed by atoms with Crippen LogP contribution >= 0.6 is 0 Å². The normalized spacial score (nSPS) is 12.0. The van der Waals surface area contributed by atoms with Crippen molar-refractivity contribution in [2.24, 2.45) is 0 Å². The molecule has 0 aliphatic heterocycles. The molecule has 1 nitrogen and oxygen atoms in total. The summed E-state index contributed by atoms with van der Waals surface area (Å²) in [6, 6.07) is 24.5. The topological polar surface area (TPSA) is 15.8 Å². The van der Waals surface area contributed by atoms with Crippen molar-refractivity contribution >= 4 is 27.8 Å². The summed E-state index contributed by atoms with van der Waals surface area (Å²) in [5.74, 6) is 0. The van der Waals surface area contributed by atoms with Crippen LogP contribution in [0.15, 0.2) is 85.0 Å². The van der Waals surface area contributed by atoms with Crippen LogP contribution in [0.1, 0.15) is 34.9 Å². The zero-order valence-electron chi connectivity index (χ0n) is 20.7. The van der Waals surface area contributed by atoms with Crippen LogP contribution < -0.4 is 0 Å². The Kier molecular flexibility index (Phi) is 5.71. The smallest absolute Gasteiger partial charge is 0.0547 e. The molecule has 0 unspecified atom stereocenters. The number of benzene rings is 4. The minimum absolute atomic E-state index is 1.12. The first-order valence-electron chi connectivity index (χ1n) is 12.0. The van der Waals surface area contributed by atoms with Gasteiger partial charge in [0.15, 0.2) is 0 Å².